The molecule has 0 N–H and O–H groups in total. The van der Waals surface area contributed by atoms with Crippen LogP contribution in [-0.2, 0) is 19.1 Å². The van der Waals surface area contributed by atoms with E-state index in [0.717, 1.165) is 44.4 Å². The summed E-state index contributed by atoms with van der Waals surface area (Å²) in [5.41, 5.74) is 1.05. The van der Waals surface area contributed by atoms with E-state index in [4.69, 9.17) is 16.3 Å². The second-order valence-electron chi connectivity index (χ2n) is 11.7. The lowest BCUT2D eigenvalue weighted by Crippen LogP contribution is -2.53. The largest absolute Gasteiger partial charge is 0.461 e. The number of hydrogen-bond acceptors (Lipinski definition) is 4. The highest BCUT2D eigenvalue weighted by molar-refractivity contribution is 6.17. The molecular formula is C29H43ClO4. The third kappa shape index (κ3) is 5.32. The van der Waals surface area contributed by atoms with Crippen molar-refractivity contribution in [3.05, 3.63) is 11.6 Å². The van der Waals surface area contributed by atoms with Crippen molar-refractivity contribution in [2.45, 2.75) is 110 Å². The van der Waals surface area contributed by atoms with Gasteiger partial charge in [0.2, 0.25) is 0 Å². The minimum atomic E-state index is -0.326. The molecule has 4 aliphatic carbocycles. The van der Waals surface area contributed by atoms with E-state index in [1.165, 1.54) is 57.4 Å². The Balaban J connectivity index is 1.49. The Morgan fingerprint density at radius 3 is 2.47 bits per heavy atom. The van der Waals surface area contributed by atoms with Crippen molar-refractivity contribution in [1.82, 2.24) is 0 Å². The fourth-order valence-corrected chi connectivity index (χ4v) is 8.40. The first-order valence-corrected chi connectivity index (χ1v) is 14.4. The van der Waals surface area contributed by atoms with E-state index in [1.54, 1.807) is 0 Å². The number of fused-ring (bicyclic) bond motifs is 5. The second-order valence-corrected chi connectivity index (χ2v) is 12.1. The van der Waals surface area contributed by atoms with Crippen molar-refractivity contribution in [3.8, 4) is 0 Å². The Labute approximate surface area is 210 Å². The van der Waals surface area contributed by atoms with Crippen LogP contribution in [0.15, 0.2) is 11.6 Å². The van der Waals surface area contributed by atoms with Gasteiger partial charge in [0.05, 0.1) is 0 Å². The molecule has 0 spiro atoms. The van der Waals surface area contributed by atoms with Crippen molar-refractivity contribution in [1.29, 1.82) is 0 Å². The lowest BCUT2D eigenvalue weighted by Gasteiger charge is -2.56. The van der Waals surface area contributed by atoms with E-state index in [-0.39, 0.29) is 29.2 Å². The molecule has 0 heterocycles. The normalized spacial score (nSPS) is 37.0. The van der Waals surface area contributed by atoms with Gasteiger partial charge in [-0.15, -0.1) is 11.6 Å². The molecule has 0 saturated heterocycles. The number of carbonyl (C=O) groups is 3. The summed E-state index contributed by atoms with van der Waals surface area (Å²) in [5, 5.41) is 0. The van der Waals surface area contributed by atoms with Crippen LogP contribution in [0.1, 0.15) is 104 Å². The molecule has 3 saturated carbocycles. The van der Waals surface area contributed by atoms with Crippen LogP contribution in [0, 0.1) is 35.0 Å². The van der Waals surface area contributed by atoms with Crippen LogP contribution >= 0.6 is 11.6 Å². The highest BCUT2D eigenvalue weighted by Crippen LogP contribution is 2.63. The monoisotopic (exact) mass is 490 g/mol. The van der Waals surface area contributed by atoms with Gasteiger partial charge < -0.3 is 4.74 Å². The van der Waals surface area contributed by atoms with E-state index in [2.05, 4.69) is 6.92 Å². The number of Topliss-reactive ketones (excluding diaryl/α,β-unsaturated/α-hetero) is 1. The number of ether oxygens (including phenoxy) is 1. The zero-order valence-corrected chi connectivity index (χ0v) is 21.9. The van der Waals surface area contributed by atoms with E-state index in [1.807, 2.05) is 6.08 Å². The van der Waals surface area contributed by atoms with E-state index < -0.39 is 0 Å². The molecule has 4 nitrogen and oxygen atoms in total. The van der Waals surface area contributed by atoms with Gasteiger partial charge in [-0.1, -0.05) is 51.0 Å². The Hall–Kier alpha value is -1.16. The zero-order chi connectivity index (χ0) is 24.3. The van der Waals surface area contributed by atoms with Crippen molar-refractivity contribution in [3.63, 3.8) is 0 Å². The number of alkyl halides is 1. The van der Waals surface area contributed by atoms with Crippen molar-refractivity contribution >= 4 is 29.1 Å². The molecule has 34 heavy (non-hydrogen) atoms. The van der Waals surface area contributed by atoms with Gasteiger partial charge in [-0.05, 0) is 68.3 Å². The molecule has 7 atom stereocenters. The van der Waals surface area contributed by atoms with Crippen LogP contribution in [0.4, 0.5) is 0 Å². The number of carbonyl (C=O) groups excluding carboxylic acids is 3. The number of rotatable bonds is 10. The molecule has 0 aliphatic heterocycles. The third-order valence-electron chi connectivity index (χ3n) is 9.70. The van der Waals surface area contributed by atoms with Gasteiger partial charge in [-0.2, -0.15) is 0 Å². The summed E-state index contributed by atoms with van der Waals surface area (Å²) >= 11 is 5.78. The van der Waals surface area contributed by atoms with Crippen LogP contribution in [0.3, 0.4) is 0 Å². The maximum atomic E-state index is 12.9. The van der Waals surface area contributed by atoms with Gasteiger partial charge in [0, 0.05) is 37.0 Å². The average Bonchev–Trinajstić information content (AvgIpc) is 3.09. The van der Waals surface area contributed by atoms with Crippen LogP contribution in [0.25, 0.3) is 0 Å². The van der Waals surface area contributed by atoms with Crippen LogP contribution in [0.5, 0.6) is 0 Å². The Morgan fingerprint density at radius 2 is 1.76 bits per heavy atom. The van der Waals surface area contributed by atoms with E-state index in [9.17, 15) is 14.4 Å². The summed E-state index contributed by atoms with van der Waals surface area (Å²) in [7, 11) is 0. The van der Waals surface area contributed by atoms with Crippen molar-refractivity contribution in [2.75, 3.05) is 5.88 Å². The molecular weight excluding hydrogens is 448 g/mol. The molecule has 0 aromatic heterocycles. The summed E-state index contributed by atoms with van der Waals surface area (Å²) in [4.78, 5) is 37.3. The highest BCUT2D eigenvalue weighted by Gasteiger charge is 2.59. The van der Waals surface area contributed by atoms with Crippen LogP contribution < -0.4 is 0 Å². The minimum absolute atomic E-state index is 0.100. The molecule has 5 heteroatoms. The Kier molecular flexibility index (Phi) is 8.59. The van der Waals surface area contributed by atoms with Crippen molar-refractivity contribution in [2.24, 2.45) is 35.0 Å². The molecule has 4 aliphatic rings. The summed E-state index contributed by atoms with van der Waals surface area (Å²) < 4.78 is 5.75. The Bertz CT molecular complexity index is 804. The lowest BCUT2D eigenvalue weighted by atomic mass is 9.48. The number of ketones is 2. The smallest absolute Gasteiger partial charge is 0.302 e. The first-order valence-electron chi connectivity index (χ1n) is 13.8. The summed E-state index contributed by atoms with van der Waals surface area (Å²) in [6.07, 6.45) is 16.3. The number of unbranched alkanes of at least 4 members (excludes halogenated alkanes) is 6. The first kappa shape index (κ1) is 25.9. The maximum absolute atomic E-state index is 12.9. The molecule has 190 valence electrons. The summed E-state index contributed by atoms with van der Waals surface area (Å²) in [6.45, 7) is 3.68. The topological polar surface area (TPSA) is 60.4 Å². The molecule has 0 radical (unpaired) electrons. The molecule has 1 unspecified atom stereocenters. The fraction of sp³-hybridized carbons (Fsp3) is 0.828. The molecule has 3 fully saturated rings. The van der Waals surface area contributed by atoms with Gasteiger partial charge in [-0.25, -0.2) is 0 Å². The molecule has 0 bridgehead atoms. The first-order chi connectivity index (χ1) is 16.3. The fourth-order valence-electron chi connectivity index (χ4n) is 8.21. The molecule has 0 aromatic rings. The van der Waals surface area contributed by atoms with Gasteiger partial charge in [0.25, 0.3) is 0 Å². The van der Waals surface area contributed by atoms with E-state index >= 15 is 0 Å². The average molecular weight is 491 g/mol. The standard InChI is InChI=1S/C29H43ClO4/c1-19(31)34-25-18-22(32)17-21-16-20(10-8-6-4-3-5-7-9-15-30)27-23(28(21)25)13-14-29(2)24(27)11-12-26(29)33/h17,20,23-25,27-28H,3-16,18H2,1-2H3/t20-,23+,24+,25?,27-,28+,29+/m1/s1. The summed E-state index contributed by atoms with van der Waals surface area (Å²) in [6, 6.07) is 0. The van der Waals surface area contributed by atoms with Gasteiger partial charge in [0.1, 0.15) is 11.9 Å². The van der Waals surface area contributed by atoms with Gasteiger partial charge >= 0.3 is 5.97 Å². The second kappa shape index (κ2) is 11.3. The SMILES string of the molecule is CC(=O)OC1CC(=O)C=C2C[C@@H](CCCCCCCCCCl)[C@@H]3[C@H](CC[C@]4(C)C(=O)CC[C@@H]34)[C@H]21. The Morgan fingerprint density at radius 1 is 1.06 bits per heavy atom. The maximum Gasteiger partial charge on any atom is 0.302 e. The predicted molar refractivity (Wildman–Crippen MR) is 135 cm³/mol. The number of hydrogen-bond donors (Lipinski definition) is 0. The molecule has 4 rings (SSSR count). The zero-order valence-electron chi connectivity index (χ0n) is 21.2. The number of esters is 1. The molecule has 0 amide bonds. The van der Waals surface area contributed by atoms with Gasteiger partial charge in [0.15, 0.2) is 5.78 Å². The minimum Gasteiger partial charge on any atom is -0.461 e. The van der Waals surface area contributed by atoms with Crippen LogP contribution in [-0.4, -0.2) is 29.5 Å². The van der Waals surface area contributed by atoms with Crippen molar-refractivity contribution < 1.29 is 19.1 Å². The quantitative estimate of drug-likeness (QED) is 0.191. The summed E-state index contributed by atoms with van der Waals surface area (Å²) in [5.74, 6) is 3.09. The van der Waals surface area contributed by atoms with Crippen LogP contribution in [0.2, 0.25) is 0 Å². The highest BCUT2D eigenvalue weighted by atomic mass is 35.5. The predicted octanol–water partition coefficient (Wildman–Crippen LogP) is 6.82. The number of halogens is 1. The third-order valence-corrected chi connectivity index (χ3v) is 9.97. The molecule has 0 aromatic carbocycles. The van der Waals surface area contributed by atoms with Gasteiger partial charge in [-0.3, -0.25) is 14.4 Å². The lowest BCUT2D eigenvalue weighted by molar-refractivity contribution is -0.155. The van der Waals surface area contributed by atoms with E-state index in [0.29, 0.717) is 35.9 Å².